The van der Waals surface area contributed by atoms with Crippen LogP contribution in [0.5, 0.6) is 0 Å². The normalized spacial score (nSPS) is 11.6. The van der Waals surface area contributed by atoms with Crippen LogP contribution >= 0.6 is 12.2 Å². The summed E-state index contributed by atoms with van der Waals surface area (Å²) in [5, 5.41) is 0. The molecule has 3 nitrogen and oxygen atoms in total. The van der Waals surface area contributed by atoms with Crippen molar-refractivity contribution in [3.63, 3.8) is 0 Å². The molecule has 0 fully saturated rings. The summed E-state index contributed by atoms with van der Waals surface area (Å²) < 4.78 is 2.27. The van der Waals surface area contributed by atoms with Gasteiger partial charge in [0.05, 0.1) is 0 Å². The highest BCUT2D eigenvalue weighted by Crippen LogP contribution is 2.00. The first-order chi connectivity index (χ1) is 8.77. The van der Waals surface area contributed by atoms with Gasteiger partial charge in [0.1, 0.15) is 4.64 Å². The van der Waals surface area contributed by atoms with E-state index < -0.39 is 0 Å². The topological polar surface area (TPSA) is 26.5 Å². The van der Waals surface area contributed by atoms with E-state index in [2.05, 4.69) is 18.8 Å². The highest BCUT2D eigenvalue weighted by Gasteiger charge is 2.02. The highest BCUT2D eigenvalue weighted by atomic mass is 32.1. The third-order valence-electron chi connectivity index (χ3n) is 2.54. The Balaban J connectivity index is 2.68. The van der Waals surface area contributed by atoms with Crippen molar-refractivity contribution in [3.05, 3.63) is 29.0 Å². The fourth-order valence-corrected chi connectivity index (χ4v) is 1.62. The lowest BCUT2D eigenvalue weighted by Crippen LogP contribution is -2.20. The van der Waals surface area contributed by atoms with E-state index in [0.29, 0.717) is 4.64 Å². The van der Waals surface area contributed by atoms with Crippen LogP contribution in [0.1, 0.15) is 46.0 Å². The van der Waals surface area contributed by atoms with Gasteiger partial charge in [0, 0.05) is 19.2 Å². The van der Waals surface area contributed by atoms with Crippen molar-refractivity contribution in [1.82, 2.24) is 4.73 Å². The van der Waals surface area contributed by atoms with E-state index in [1.54, 1.807) is 4.73 Å². The van der Waals surface area contributed by atoms with E-state index in [1.807, 2.05) is 24.4 Å². The molecule has 18 heavy (non-hydrogen) atoms. The minimum atomic E-state index is 0.664. The molecular weight excluding hydrogens is 244 g/mol. The van der Waals surface area contributed by atoms with E-state index >= 15 is 0 Å². The maximum Gasteiger partial charge on any atom is 0.218 e. The van der Waals surface area contributed by atoms with Gasteiger partial charge in [-0.15, -0.1) is 0 Å². The average molecular weight is 266 g/mol. The molecule has 0 bridgehead atoms. The molecule has 0 spiro atoms. The summed E-state index contributed by atoms with van der Waals surface area (Å²) >= 11 is 5.20. The zero-order valence-corrected chi connectivity index (χ0v) is 12.1. The summed E-state index contributed by atoms with van der Waals surface area (Å²) in [4.78, 5) is 10.3. The average Bonchev–Trinajstić information content (AvgIpc) is 2.38. The largest absolute Gasteiger partial charge is 0.359 e. The van der Waals surface area contributed by atoms with Crippen molar-refractivity contribution < 1.29 is 4.84 Å². The summed E-state index contributed by atoms with van der Waals surface area (Å²) in [5.41, 5.74) is 0. The lowest BCUT2D eigenvalue weighted by atomic mass is 10.2. The Morgan fingerprint density at radius 2 is 2.06 bits per heavy atom. The van der Waals surface area contributed by atoms with Crippen molar-refractivity contribution in [2.75, 3.05) is 6.54 Å². The third-order valence-corrected chi connectivity index (χ3v) is 2.85. The Kier molecular flexibility index (Phi) is 7.34. The van der Waals surface area contributed by atoms with Gasteiger partial charge in [-0.2, -0.15) is 4.73 Å². The SMILES string of the molecule is CCCCN=C(CCCC)On1ccccc1=S. The van der Waals surface area contributed by atoms with Gasteiger partial charge >= 0.3 is 0 Å². The lowest BCUT2D eigenvalue weighted by molar-refractivity contribution is 0.246. The lowest BCUT2D eigenvalue weighted by Gasteiger charge is -2.10. The number of pyridine rings is 1. The second kappa shape index (κ2) is 8.86. The van der Waals surface area contributed by atoms with Crippen LogP contribution in [0, 0.1) is 4.64 Å². The first kappa shape index (κ1) is 14.9. The molecule has 0 N–H and O–H groups in total. The highest BCUT2D eigenvalue weighted by molar-refractivity contribution is 7.71. The Bertz CT molecular complexity index is 426. The maximum absolute atomic E-state index is 5.76. The molecule has 1 aromatic heterocycles. The summed E-state index contributed by atoms with van der Waals surface area (Å²) in [6.07, 6.45) is 7.16. The number of unbranched alkanes of at least 4 members (excludes halogenated alkanes) is 2. The van der Waals surface area contributed by atoms with Gasteiger partial charge in [-0.05, 0) is 25.0 Å². The van der Waals surface area contributed by atoms with Gasteiger partial charge in [-0.1, -0.05) is 45.0 Å². The predicted molar refractivity (Wildman–Crippen MR) is 78.6 cm³/mol. The minimum Gasteiger partial charge on any atom is -0.359 e. The molecule has 0 aromatic carbocycles. The molecule has 0 radical (unpaired) electrons. The van der Waals surface area contributed by atoms with Crippen LogP contribution in [0.25, 0.3) is 0 Å². The second-order valence-corrected chi connectivity index (χ2v) is 4.61. The summed E-state index contributed by atoms with van der Waals surface area (Å²) in [5.74, 6) is 0.785. The fourth-order valence-electron chi connectivity index (χ4n) is 1.45. The number of nitrogens with zero attached hydrogens (tertiary/aromatic N) is 2. The van der Waals surface area contributed by atoms with E-state index in [1.165, 1.54) is 0 Å². The fraction of sp³-hybridized carbons (Fsp3) is 0.571. The molecule has 0 saturated carbocycles. The molecule has 0 aliphatic carbocycles. The van der Waals surface area contributed by atoms with Gasteiger partial charge in [0.25, 0.3) is 0 Å². The second-order valence-electron chi connectivity index (χ2n) is 4.19. The van der Waals surface area contributed by atoms with Gasteiger partial charge in [0.15, 0.2) is 0 Å². The van der Waals surface area contributed by atoms with E-state index in [9.17, 15) is 0 Å². The van der Waals surface area contributed by atoms with Crippen molar-refractivity contribution in [1.29, 1.82) is 0 Å². The molecule has 0 saturated heterocycles. The van der Waals surface area contributed by atoms with Gasteiger partial charge in [-0.3, -0.25) is 4.99 Å². The zero-order chi connectivity index (χ0) is 13.2. The molecule has 0 amide bonds. The van der Waals surface area contributed by atoms with Gasteiger partial charge in [0.2, 0.25) is 5.90 Å². The maximum atomic E-state index is 5.76. The van der Waals surface area contributed by atoms with Crippen molar-refractivity contribution in [3.8, 4) is 0 Å². The van der Waals surface area contributed by atoms with Crippen LogP contribution in [0.15, 0.2) is 29.4 Å². The molecule has 100 valence electrons. The van der Waals surface area contributed by atoms with Crippen LogP contribution in [0.3, 0.4) is 0 Å². The smallest absolute Gasteiger partial charge is 0.218 e. The van der Waals surface area contributed by atoms with Crippen LogP contribution in [0.4, 0.5) is 0 Å². The van der Waals surface area contributed by atoms with Crippen molar-refractivity contribution >= 4 is 18.1 Å². The van der Waals surface area contributed by atoms with E-state index in [4.69, 9.17) is 17.1 Å². The van der Waals surface area contributed by atoms with Gasteiger partial charge in [-0.25, -0.2) is 0 Å². The molecule has 4 heteroatoms. The minimum absolute atomic E-state index is 0.664. The first-order valence-electron chi connectivity index (χ1n) is 6.67. The van der Waals surface area contributed by atoms with E-state index in [0.717, 1.165) is 44.5 Å². The molecule has 0 aliphatic rings. The summed E-state index contributed by atoms with van der Waals surface area (Å²) in [6.45, 7) is 5.16. The van der Waals surface area contributed by atoms with Crippen LogP contribution < -0.4 is 4.84 Å². The Hall–Kier alpha value is -1.16. The summed E-state index contributed by atoms with van der Waals surface area (Å²) in [7, 11) is 0. The van der Waals surface area contributed by atoms with E-state index in [-0.39, 0.29) is 0 Å². The molecule has 1 rings (SSSR count). The standard InChI is InChI=1S/C14H22N2OS/c1-3-5-9-13(15-11-6-4-2)17-16-12-8-7-10-14(16)18/h7-8,10,12H,3-6,9,11H2,1-2H3. The molecular formula is C14H22N2OS. The Labute approximate surface area is 114 Å². The van der Waals surface area contributed by atoms with Crippen LogP contribution in [-0.2, 0) is 0 Å². The predicted octanol–water partition coefficient (Wildman–Crippen LogP) is 4.03. The number of rotatable bonds is 7. The number of hydrogen-bond donors (Lipinski definition) is 0. The molecule has 0 atom stereocenters. The molecule has 0 aliphatic heterocycles. The zero-order valence-electron chi connectivity index (χ0n) is 11.3. The van der Waals surface area contributed by atoms with Crippen LogP contribution in [-0.4, -0.2) is 17.2 Å². The van der Waals surface area contributed by atoms with Crippen molar-refractivity contribution in [2.24, 2.45) is 4.99 Å². The number of hydrogen-bond acceptors (Lipinski definition) is 3. The Morgan fingerprint density at radius 3 is 2.72 bits per heavy atom. The Morgan fingerprint density at radius 1 is 1.28 bits per heavy atom. The molecule has 1 heterocycles. The first-order valence-corrected chi connectivity index (χ1v) is 7.08. The van der Waals surface area contributed by atoms with Crippen molar-refractivity contribution in [2.45, 2.75) is 46.0 Å². The number of aromatic nitrogens is 1. The van der Waals surface area contributed by atoms with Crippen LogP contribution in [0.2, 0.25) is 0 Å². The summed E-state index contributed by atoms with van der Waals surface area (Å²) in [6, 6.07) is 5.65. The molecule has 0 unspecified atom stereocenters. The third kappa shape index (κ3) is 5.45. The van der Waals surface area contributed by atoms with Gasteiger partial charge < -0.3 is 4.84 Å². The number of aliphatic imine (C=N–C) groups is 1. The monoisotopic (exact) mass is 266 g/mol. The molecule has 1 aromatic rings. The quantitative estimate of drug-likeness (QED) is 0.322.